The summed E-state index contributed by atoms with van der Waals surface area (Å²) in [5.41, 5.74) is 1.10. The molecule has 0 aromatic carbocycles. The molecular formula is C19H31N5O4. The lowest BCUT2D eigenvalue weighted by Gasteiger charge is -2.36. The number of carbonyl (C=O) groups excluding carboxylic acids is 1. The highest BCUT2D eigenvalue weighted by Crippen LogP contribution is 2.38. The number of nitrogens with zero attached hydrogens (tertiary/aromatic N) is 4. The molecule has 0 bridgehead atoms. The molecule has 2 aliphatic heterocycles. The predicted octanol–water partition coefficient (Wildman–Crippen LogP) is -0.0975. The van der Waals surface area contributed by atoms with Crippen LogP contribution in [0.25, 0.3) is 0 Å². The van der Waals surface area contributed by atoms with E-state index in [2.05, 4.69) is 20.5 Å². The maximum atomic E-state index is 12.3. The molecule has 1 aliphatic carbocycles. The number of hydrogen-bond acceptors (Lipinski definition) is 7. The Bertz CT molecular complexity index is 644. The summed E-state index contributed by atoms with van der Waals surface area (Å²) in [5, 5.41) is 21.2. The Morgan fingerprint density at radius 2 is 2.07 bits per heavy atom. The van der Waals surface area contributed by atoms with Crippen molar-refractivity contribution in [2.75, 3.05) is 39.5 Å². The lowest BCUT2D eigenvalue weighted by Crippen LogP contribution is -2.53. The van der Waals surface area contributed by atoms with Crippen LogP contribution in [0.1, 0.15) is 43.7 Å². The quantitative estimate of drug-likeness (QED) is 0.636. The standard InChI is InChI=1S/C19H31N5O4/c25-13-18-16(20-19(26)12-23-7-9-27-10-8-23)4-3-15(28-18)5-6-24-11-17(21-22-24)14-1-2-14/h11,14-16,18,25H,1-10,12-13H2,(H,20,26)/t15-,16-,18+/m0/s1. The first-order valence-corrected chi connectivity index (χ1v) is 10.5. The molecule has 1 saturated carbocycles. The first kappa shape index (κ1) is 19.8. The molecule has 1 aromatic heterocycles. The second-order valence-electron chi connectivity index (χ2n) is 8.09. The summed E-state index contributed by atoms with van der Waals surface area (Å²) in [4.78, 5) is 14.4. The Labute approximate surface area is 165 Å². The van der Waals surface area contributed by atoms with E-state index in [-0.39, 0.29) is 30.8 Å². The fourth-order valence-corrected chi connectivity index (χ4v) is 3.99. The van der Waals surface area contributed by atoms with E-state index in [4.69, 9.17) is 9.47 Å². The number of rotatable bonds is 8. The van der Waals surface area contributed by atoms with Crippen molar-refractivity contribution >= 4 is 5.91 Å². The van der Waals surface area contributed by atoms with Gasteiger partial charge >= 0.3 is 0 Å². The Morgan fingerprint density at radius 3 is 2.82 bits per heavy atom. The van der Waals surface area contributed by atoms with Crippen LogP contribution in [0, 0.1) is 0 Å². The van der Waals surface area contributed by atoms with E-state index in [1.807, 2.05) is 10.9 Å². The summed E-state index contributed by atoms with van der Waals surface area (Å²) in [6, 6.07) is -0.136. The van der Waals surface area contributed by atoms with Crippen molar-refractivity contribution in [1.29, 1.82) is 0 Å². The maximum Gasteiger partial charge on any atom is 0.234 e. The number of morpholine rings is 1. The number of amides is 1. The highest BCUT2D eigenvalue weighted by molar-refractivity contribution is 5.78. The number of aliphatic hydroxyl groups excluding tert-OH is 1. The number of aryl methyl sites for hydroxylation is 1. The first-order valence-electron chi connectivity index (χ1n) is 10.5. The SMILES string of the molecule is O=C(CN1CCOCC1)N[C@H]1CC[C@@H](CCn2cc(C3CC3)nn2)O[C@@H]1CO. The van der Waals surface area contributed by atoms with E-state index < -0.39 is 0 Å². The van der Waals surface area contributed by atoms with Gasteiger partial charge in [-0.25, -0.2) is 0 Å². The molecule has 28 heavy (non-hydrogen) atoms. The third-order valence-electron chi connectivity index (χ3n) is 5.85. The summed E-state index contributed by atoms with van der Waals surface area (Å²) in [5.74, 6) is 0.600. The fraction of sp³-hybridized carbons (Fsp3) is 0.842. The van der Waals surface area contributed by atoms with E-state index in [1.54, 1.807) is 0 Å². The molecule has 9 heteroatoms. The van der Waals surface area contributed by atoms with Crippen LogP contribution in [0.2, 0.25) is 0 Å². The highest BCUT2D eigenvalue weighted by Gasteiger charge is 2.32. The number of hydrogen-bond donors (Lipinski definition) is 2. The zero-order chi connectivity index (χ0) is 19.3. The van der Waals surface area contributed by atoms with E-state index in [9.17, 15) is 9.90 Å². The molecule has 9 nitrogen and oxygen atoms in total. The number of ether oxygens (including phenoxy) is 2. The summed E-state index contributed by atoms with van der Waals surface area (Å²) in [7, 11) is 0. The Morgan fingerprint density at radius 1 is 1.25 bits per heavy atom. The first-order chi connectivity index (χ1) is 13.7. The molecule has 1 amide bonds. The van der Waals surface area contributed by atoms with Crippen molar-refractivity contribution in [3.8, 4) is 0 Å². The molecule has 0 radical (unpaired) electrons. The molecule has 3 atom stereocenters. The molecule has 3 fully saturated rings. The maximum absolute atomic E-state index is 12.3. The monoisotopic (exact) mass is 393 g/mol. The van der Waals surface area contributed by atoms with Gasteiger partial charge in [0.05, 0.1) is 44.2 Å². The van der Waals surface area contributed by atoms with Gasteiger partial charge in [0.2, 0.25) is 5.91 Å². The van der Waals surface area contributed by atoms with Crippen LogP contribution < -0.4 is 5.32 Å². The molecule has 156 valence electrons. The van der Waals surface area contributed by atoms with Crippen LogP contribution in [-0.4, -0.2) is 88.6 Å². The summed E-state index contributed by atoms with van der Waals surface area (Å²) in [6.07, 6.45) is 6.71. The normalized spacial score (nSPS) is 29.0. The van der Waals surface area contributed by atoms with Gasteiger partial charge in [0.1, 0.15) is 6.10 Å². The number of aliphatic hydroxyl groups is 1. The third kappa shape index (κ3) is 5.28. The van der Waals surface area contributed by atoms with Crippen LogP contribution >= 0.6 is 0 Å². The topological polar surface area (TPSA) is 102 Å². The van der Waals surface area contributed by atoms with E-state index in [0.29, 0.717) is 25.7 Å². The summed E-state index contributed by atoms with van der Waals surface area (Å²) in [6.45, 7) is 3.96. The number of nitrogens with one attached hydrogen (secondary N) is 1. The van der Waals surface area contributed by atoms with E-state index in [1.165, 1.54) is 12.8 Å². The van der Waals surface area contributed by atoms with Crippen LogP contribution in [0.5, 0.6) is 0 Å². The van der Waals surface area contributed by atoms with Crippen molar-refractivity contribution in [1.82, 2.24) is 25.2 Å². The second-order valence-corrected chi connectivity index (χ2v) is 8.09. The van der Waals surface area contributed by atoms with Gasteiger partial charge in [-0.2, -0.15) is 0 Å². The van der Waals surface area contributed by atoms with Gasteiger partial charge in [0.15, 0.2) is 0 Å². The molecular weight excluding hydrogens is 362 g/mol. The number of carbonyl (C=O) groups is 1. The smallest absolute Gasteiger partial charge is 0.234 e. The van der Waals surface area contributed by atoms with Gasteiger partial charge in [-0.3, -0.25) is 14.4 Å². The van der Waals surface area contributed by atoms with E-state index in [0.717, 1.165) is 44.6 Å². The van der Waals surface area contributed by atoms with Crippen molar-refractivity contribution in [2.24, 2.45) is 0 Å². The van der Waals surface area contributed by atoms with Crippen molar-refractivity contribution in [2.45, 2.75) is 62.8 Å². The molecule has 3 aliphatic rings. The Kier molecular flexibility index (Phi) is 6.56. The van der Waals surface area contributed by atoms with Gasteiger partial charge in [0, 0.05) is 31.7 Å². The zero-order valence-electron chi connectivity index (χ0n) is 16.3. The van der Waals surface area contributed by atoms with Gasteiger partial charge in [-0.15, -0.1) is 5.10 Å². The lowest BCUT2D eigenvalue weighted by atomic mass is 9.97. The van der Waals surface area contributed by atoms with Crippen molar-refractivity contribution in [3.63, 3.8) is 0 Å². The molecule has 1 aromatic rings. The Hall–Kier alpha value is -1.55. The van der Waals surface area contributed by atoms with Crippen LogP contribution in [-0.2, 0) is 20.8 Å². The summed E-state index contributed by atoms with van der Waals surface area (Å²) >= 11 is 0. The minimum absolute atomic E-state index is 0.0115. The largest absolute Gasteiger partial charge is 0.394 e. The summed E-state index contributed by atoms with van der Waals surface area (Å²) < 4.78 is 13.3. The van der Waals surface area contributed by atoms with Crippen LogP contribution in [0.15, 0.2) is 6.20 Å². The van der Waals surface area contributed by atoms with Crippen LogP contribution in [0.3, 0.4) is 0 Å². The minimum Gasteiger partial charge on any atom is -0.394 e. The highest BCUT2D eigenvalue weighted by atomic mass is 16.5. The minimum atomic E-state index is -0.356. The third-order valence-corrected chi connectivity index (χ3v) is 5.85. The van der Waals surface area contributed by atoms with Crippen LogP contribution in [0.4, 0.5) is 0 Å². The Balaban J connectivity index is 1.20. The molecule has 2 N–H and O–H groups in total. The van der Waals surface area contributed by atoms with Gasteiger partial charge in [0.25, 0.3) is 0 Å². The molecule has 0 spiro atoms. The second kappa shape index (κ2) is 9.30. The fourth-order valence-electron chi connectivity index (χ4n) is 3.99. The lowest BCUT2D eigenvalue weighted by molar-refractivity contribution is -0.130. The zero-order valence-corrected chi connectivity index (χ0v) is 16.3. The van der Waals surface area contributed by atoms with E-state index >= 15 is 0 Å². The molecule has 4 rings (SSSR count). The van der Waals surface area contributed by atoms with Gasteiger partial charge in [-0.1, -0.05) is 5.21 Å². The average Bonchev–Trinajstić information content (AvgIpc) is 3.46. The number of aromatic nitrogens is 3. The van der Waals surface area contributed by atoms with Crippen molar-refractivity contribution in [3.05, 3.63) is 11.9 Å². The van der Waals surface area contributed by atoms with Gasteiger partial charge in [-0.05, 0) is 32.1 Å². The molecule has 3 heterocycles. The molecule has 0 unspecified atom stereocenters. The molecule has 2 saturated heterocycles. The van der Waals surface area contributed by atoms with Crippen molar-refractivity contribution < 1.29 is 19.4 Å². The van der Waals surface area contributed by atoms with Gasteiger partial charge < -0.3 is 19.9 Å². The predicted molar refractivity (Wildman–Crippen MR) is 101 cm³/mol. The average molecular weight is 393 g/mol.